The highest BCUT2D eigenvalue weighted by Crippen LogP contribution is 2.18. The van der Waals surface area contributed by atoms with E-state index in [0.29, 0.717) is 5.69 Å². The average molecular weight is 309 g/mol. The summed E-state index contributed by atoms with van der Waals surface area (Å²) < 4.78 is 36.9. The molecule has 1 aromatic heterocycles. The van der Waals surface area contributed by atoms with E-state index in [4.69, 9.17) is 5.73 Å². The molecule has 0 bridgehead atoms. The molecular formula is C13H12FN3O3S. The van der Waals surface area contributed by atoms with Crippen LogP contribution in [0.2, 0.25) is 0 Å². The second kappa shape index (κ2) is 5.88. The van der Waals surface area contributed by atoms with Crippen LogP contribution in [0, 0.1) is 5.82 Å². The number of anilines is 2. The number of hydrogen-bond acceptors (Lipinski definition) is 5. The minimum Gasteiger partial charge on any atom is -0.396 e. The van der Waals surface area contributed by atoms with E-state index < -0.39 is 27.3 Å². The highest BCUT2D eigenvalue weighted by molar-refractivity contribution is 7.92. The molecule has 0 aliphatic rings. The van der Waals surface area contributed by atoms with Crippen molar-refractivity contribution in [3.05, 3.63) is 48.5 Å². The van der Waals surface area contributed by atoms with Crippen molar-refractivity contribution in [2.24, 2.45) is 0 Å². The molecule has 1 aromatic carbocycles. The molecule has 1 heterocycles. The van der Waals surface area contributed by atoms with Gasteiger partial charge in [0.2, 0.25) is 5.91 Å². The zero-order valence-corrected chi connectivity index (χ0v) is 11.6. The molecule has 0 unspecified atom stereocenters. The molecule has 2 aromatic rings. The van der Waals surface area contributed by atoms with Gasteiger partial charge in [-0.15, -0.1) is 0 Å². The maximum Gasteiger partial charge on any atom is 0.239 e. The molecule has 0 fully saturated rings. The van der Waals surface area contributed by atoms with E-state index in [9.17, 15) is 17.6 Å². The van der Waals surface area contributed by atoms with Crippen LogP contribution in [0.4, 0.5) is 15.8 Å². The van der Waals surface area contributed by atoms with Gasteiger partial charge in [0.1, 0.15) is 11.6 Å². The molecular weight excluding hydrogens is 297 g/mol. The van der Waals surface area contributed by atoms with Crippen LogP contribution >= 0.6 is 0 Å². The second-order valence-corrected chi connectivity index (χ2v) is 6.19. The van der Waals surface area contributed by atoms with E-state index in [1.165, 1.54) is 30.6 Å². The molecule has 110 valence electrons. The van der Waals surface area contributed by atoms with Crippen molar-refractivity contribution in [3.63, 3.8) is 0 Å². The SMILES string of the molecule is Nc1cnccc1S(=O)(=O)CC(=O)Nc1ccc(F)cc1. The van der Waals surface area contributed by atoms with Crippen LogP contribution in [0.3, 0.4) is 0 Å². The summed E-state index contributed by atoms with van der Waals surface area (Å²) in [5.41, 5.74) is 5.82. The number of aromatic nitrogens is 1. The number of rotatable bonds is 4. The Morgan fingerprint density at radius 3 is 2.52 bits per heavy atom. The number of nitrogens with zero attached hydrogens (tertiary/aromatic N) is 1. The van der Waals surface area contributed by atoms with Crippen molar-refractivity contribution in [3.8, 4) is 0 Å². The molecule has 0 saturated heterocycles. The fraction of sp³-hybridized carbons (Fsp3) is 0.0769. The summed E-state index contributed by atoms with van der Waals surface area (Å²) in [6.45, 7) is 0. The quantitative estimate of drug-likeness (QED) is 0.884. The van der Waals surface area contributed by atoms with Crippen LogP contribution in [-0.2, 0) is 14.6 Å². The highest BCUT2D eigenvalue weighted by atomic mass is 32.2. The summed E-state index contributed by atoms with van der Waals surface area (Å²) in [6.07, 6.45) is 2.48. The third-order valence-corrected chi connectivity index (χ3v) is 4.28. The van der Waals surface area contributed by atoms with Crippen LogP contribution < -0.4 is 11.1 Å². The Balaban J connectivity index is 2.12. The summed E-state index contributed by atoms with van der Waals surface area (Å²) >= 11 is 0. The lowest BCUT2D eigenvalue weighted by Gasteiger charge is -2.08. The molecule has 0 saturated carbocycles. The largest absolute Gasteiger partial charge is 0.396 e. The maximum atomic E-state index is 12.7. The zero-order chi connectivity index (χ0) is 15.5. The molecule has 2 rings (SSSR count). The number of halogens is 1. The lowest BCUT2D eigenvalue weighted by atomic mass is 10.3. The lowest BCUT2D eigenvalue weighted by molar-refractivity contribution is -0.113. The molecule has 1 amide bonds. The summed E-state index contributed by atoms with van der Waals surface area (Å²) in [5.74, 6) is -1.96. The number of benzene rings is 1. The Bertz CT molecular complexity index is 760. The van der Waals surface area contributed by atoms with E-state index in [1.54, 1.807) is 0 Å². The van der Waals surface area contributed by atoms with E-state index >= 15 is 0 Å². The minimum absolute atomic E-state index is 0.0212. The predicted octanol–water partition coefficient (Wildman–Crippen LogP) is 1.22. The van der Waals surface area contributed by atoms with E-state index in [0.717, 1.165) is 12.1 Å². The third kappa shape index (κ3) is 3.76. The number of hydrogen-bond donors (Lipinski definition) is 2. The Morgan fingerprint density at radius 2 is 1.90 bits per heavy atom. The minimum atomic E-state index is -3.87. The van der Waals surface area contributed by atoms with Crippen molar-refractivity contribution in [1.82, 2.24) is 4.98 Å². The Labute approximate surface area is 120 Å². The van der Waals surface area contributed by atoms with Crippen molar-refractivity contribution in [2.45, 2.75) is 4.90 Å². The monoisotopic (exact) mass is 309 g/mol. The van der Waals surface area contributed by atoms with Crippen LogP contribution in [0.1, 0.15) is 0 Å². The van der Waals surface area contributed by atoms with Gasteiger partial charge in [0.15, 0.2) is 9.84 Å². The molecule has 8 heteroatoms. The normalized spacial score (nSPS) is 11.1. The smallest absolute Gasteiger partial charge is 0.239 e. The van der Waals surface area contributed by atoms with Crippen LogP contribution in [0.15, 0.2) is 47.6 Å². The lowest BCUT2D eigenvalue weighted by Crippen LogP contribution is -2.23. The first-order valence-electron chi connectivity index (χ1n) is 5.86. The van der Waals surface area contributed by atoms with E-state index in [2.05, 4.69) is 10.3 Å². The van der Waals surface area contributed by atoms with E-state index in [-0.39, 0.29) is 10.6 Å². The predicted molar refractivity (Wildman–Crippen MR) is 75.7 cm³/mol. The van der Waals surface area contributed by atoms with Gasteiger partial charge in [0.25, 0.3) is 0 Å². The van der Waals surface area contributed by atoms with Crippen molar-refractivity contribution in [2.75, 3.05) is 16.8 Å². The second-order valence-electron chi connectivity index (χ2n) is 4.23. The van der Waals surface area contributed by atoms with Gasteiger partial charge in [0, 0.05) is 11.9 Å². The van der Waals surface area contributed by atoms with Crippen molar-refractivity contribution >= 4 is 27.1 Å². The molecule has 0 aliphatic heterocycles. The molecule has 0 radical (unpaired) electrons. The number of carbonyl (C=O) groups is 1. The Morgan fingerprint density at radius 1 is 1.24 bits per heavy atom. The first-order chi connectivity index (χ1) is 9.88. The van der Waals surface area contributed by atoms with Gasteiger partial charge in [-0.1, -0.05) is 0 Å². The summed E-state index contributed by atoms with van der Waals surface area (Å²) in [7, 11) is -3.87. The Kier molecular flexibility index (Phi) is 4.18. The van der Waals surface area contributed by atoms with Crippen molar-refractivity contribution < 1.29 is 17.6 Å². The van der Waals surface area contributed by atoms with Gasteiger partial charge in [0.05, 0.1) is 16.8 Å². The molecule has 21 heavy (non-hydrogen) atoms. The van der Waals surface area contributed by atoms with Crippen molar-refractivity contribution in [1.29, 1.82) is 0 Å². The Hall–Kier alpha value is -2.48. The average Bonchev–Trinajstić information content (AvgIpc) is 2.41. The number of amides is 1. The fourth-order valence-corrected chi connectivity index (χ4v) is 2.91. The molecule has 3 N–H and O–H groups in total. The van der Waals surface area contributed by atoms with Crippen LogP contribution in [-0.4, -0.2) is 25.1 Å². The molecule has 0 atom stereocenters. The topological polar surface area (TPSA) is 102 Å². The number of carbonyl (C=O) groups excluding carboxylic acids is 1. The van der Waals surface area contributed by atoms with Crippen LogP contribution in [0.25, 0.3) is 0 Å². The van der Waals surface area contributed by atoms with Gasteiger partial charge < -0.3 is 11.1 Å². The van der Waals surface area contributed by atoms with Gasteiger partial charge in [-0.25, -0.2) is 12.8 Å². The van der Waals surface area contributed by atoms with E-state index in [1.807, 2.05) is 0 Å². The summed E-state index contributed by atoms with van der Waals surface area (Å²) in [6, 6.07) is 6.22. The first kappa shape index (κ1) is 14.9. The standard InChI is InChI=1S/C13H12FN3O3S/c14-9-1-3-10(4-2-9)17-13(18)8-21(19,20)12-5-6-16-7-11(12)15/h1-7H,8,15H2,(H,17,18). The number of sulfone groups is 1. The number of pyridine rings is 1. The van der Waals surface area contributed by atoms with Crippen LogP contribution in [0.5, 0.6) is 0 Å². The molecule has 0 aliphatic carbocycles. The highest BCUT2D eigenvalue weighted by Gasteiger charge is 2.21. The molecule has 0 spiro atoms. The summed E-state index contributed by atoms with van der Waals surface area (Å²) in [4.78, 5) is 15.3. The number of nitrogens with one attached hydrogen (secondary N) is 1. The first-order valence-corrected chi connectivity index (χ1v) is 7.51. The number of nitrogen functional groups attached to an aromatic ring is 1. The zero-order valence-electron chi connectivity index (χ0n) is 10.8. The van der Waals surface area contributed by atoms with Gasteiger partial charge in [-0.05, 0) is 30.3 Å². The van der Waals surface area contributed by atoms with Gasteiger partial charge >= 0.3 is 0 Å². The number of nitrogens with two attached hydrogens (primary N) is 1. The van der Waals surface area contributed by atoms with Gasteiger partial charge in [-0.3, -0.25) is 9.78 Å². The molecule has 6 nitrogen and oxygen atoms in total. The third-order valence-electron chi connectivity index (χ3n) is 2.59. The van der Waals surface area contributed by atoms with Gasteiger partial charge in [-0.2, -0.15) is 0 Å². The maximum absolute atomic E-state index is 12.7. The fourth-order valence-electron chi connectivity index (χ4n) is 1.66. The summed E-state index contributed by atoms with van der Waals surface area (Å²) in [5, 5.41) is 2.37.